The highest BCUT2D eigenvalue weighted by Gasteiger charge is 2.15. The molecule has 0 amide bonds. The molecule has 3 nitrogen and oxygen atoms in total. The van der Waals surface area contributed by atoms with Gasteiger partial charge in [-0.1, -0.05) is 85.4 Å². The molecular weight excluding hydrogens is 452 g/mol. The van der Waals surface area contributed by atoms with Gasteiger partial charge in [-0.3, -0.25) is 0 Å². The third-order valence-electron chi connectivity index (χ3n) is 6.95. The zero-order valence-corrected chi connectivity index (χ0v) is 19.8. The number of aromatic nitrogens is 1. The van der Waals surface area contributed by atoms with Crippen LogP contribution < -0.4 is 0 Å². The van der Waals surface area contributed by atoms with Crippen LogP contribution in [0.3, 0.4) is 0 Å². The number of fused-ring (bicyclic) bond motifs is 5. The second-order valence-electron chi connectivity index (χ2n) is 9.12. The summed E-state index contributed by atoms with van der Waals surface area (Å²) in [5, 5.41) is 4.67. The first-order valence-electron chi connectivity index (χ1n) is 12.2. The average molecular weight is 473 g/mol. The largest absolute Gasteiger partial charge is 0.456 e. The maximum atomic E-state index is 7.27. The van der Waals surface area contributed by atoms with Crippen LogP contribution in [0.25, 0.3) is 70.9 Å². The van der Waals surface area contributed by atoms with Gasteiger partial charge in [-0.25, -0.2) is 0 Å². The molecule has 0 spiro atoms. The van der Waals surface area contributed by atoms with Crippen LogP contribution in [0, 0.1) is 6.57 Å². The van der Waals surface area contributed by atoms with E-state index in [-0.39, 0.29) is 0 Å². The zero-order valence-electron chi connectivity index (χ0n) is 19.8. The molecule has 0 N–H and O–H groups in total. The summed E-state index contributed by atoms with van der Waals surface area (Å²) in [6.45, 7) is 7.27. The van der Waals surface area contributed by atoms with Crippen LogP contribution in [-0.2, 0) is 0 Å². The van der Waals surface area contributed by atoms with Crippen LogP contribution in [-0.4, -0.2) is 4.98 Å². The minimum atomic E-state index is 0.397. The van der Waals surface area contributed by atoms with Gasteiger partial charge in [0.05, 0.1) is 0 Å². The highest BCUT2D eigenvalue weighted by molar-refractivity contribution is 6.22. The summed E-state index contributed by atoms with van der Waals surface area (Å²) in [7, 11) is 0. The molecule has 0 atom stereocenters. The molecule has 2 aromatic heterocycles. The number of hydrogen-bond acceptors (Lipinski definition) is 2. The van der Waals surface area contributed by atoms with Gasteiger partial charge in [0, 0.05) is 10.8 Å². The van der Waals surface area contributed by atoms with Crippen molar-refractivity contribution in [2.24, 2.45) is 0 Å². The minimum Gasteiger partial charge on any atom is -0.456 e. The number of furan rings is 1. The van der Waals surface area contributed by atoms with Gasteiger partial charge in [0.1, 0.15) is 17.4 Å². The Labute approximate surface area is 214 Å². The standard InChI is InChI=1S/C34H20N2O/c1-35-33-20-26(16-17-36-33)24-11-7-10-23(18-24)25-14-15-29-31(19-25)37-32-21-30(22-8-3-2-4-9-22)27-12-5-6-13-28(27)34(29)32/h2-21H. The van der Waals surface area contributed by atoms with Crippen LogP contribution >= 0.6 is 0 Å². The summed E-state index contributed by atoms with van der Waals surface area (Å²) in [4.78, 5) is 7.57. The monoisotopic (exact) mass is 472 g/mol. The molecule has 2 heterocycles. The van der Waals surface area contributed by atoms with Crippen LogP contribution in [0.15, 0.2) is 126 Å². The van der Waals surface area contributed by atoms with Crippen molar-refractivity contribution in [3.63, 3.8) is 0 Å². The Hall–Kier alpha value is -5.20. The summed E-state index contributed by atoms with van der Waals surface area (Å²) in [5.74, 6) is 0.397. The van der Waals surface area contributed by atoms with E-state index >= 15 is 0 Å². The van der Waals surface area contributed by atoms with E-state index in [9.17, 15) is 0 Å². The fourth-order valence-corrected chi connectivity index (χ4v) is 5.21. The number of pyridine rings is 1. The Morgan fingerprint density at radius 3 is 2.05 bits per heavy atom. The molecule has 3 heteroatoms. The molecule has 7 rings (SSSR count). The lowest BCUT2D eigenvalue weighted by atomic mass is 9.94. The number of rotatable bonds is 3. The van der Waals surface area contributed by atoms with Gasteiger partial charge >= 0.3 is 0 Å². The molecule has 37 heavy (non-hydrogen) atoms. The SMILES string of the molecule is [C-]#[N+]c1cc(-c2cccc(-c3ccc4c(c3)oc3cc(-c5ccccc5)c5ccccc5c34)c2)ccn1. The fourth-order valence-electron chi connectivity index (χ4n) is 5.21. The zero-order chi connectivity index (χ0) is 24.8. The number of benzene rings is 5. The smallest absolute Gasteiger partial charge is 0.270 e. The quantitative estimate of drug-likeness (QED) is 0.240. The molecule has 172 valence electrons. The van der Waals surface area contributed by atoms with Crippen molar-refractivity contribution in [3.8, 4) is 33.4 Å². The molecule has 0 aliphatic heterocycles. The van der Waals surface area contributed by atoms with Crippen LogP contribution in [0.2, 0.25) is 0 Å². The Balaban J connectivity index is 1.40. The summed E-state index contributed by atoms with van der Waals surface area (Å²) in [6, 6.07) is 39.8. The molecule has 0 saturated carbocycles. The summed E-state index contributed by atoms with van der Waals surface area (Å²) in [6.07, 6.45) is 1.68. The molecule has 5 aromatic carbocycles. The second-order valence-corrected chi connectivity index (χ2v) is 9.12. The van der Waals surface area contributed by atoms with Gasteiger partial charge in [-0.2, -0.15) is 0 Å². The van der Waals surface area contributed by atoms with Crippen LogP contribution in [0.1, 0.15) is 0 Å². The molecule has 0 saturated heterocycles. The Morgan fingerprint density at radius 1 is 0.541 bits per heavy atom. The van der Waals surface area contributed by atoms with Crippen molar-refractivity contribution < 1.29 is 4.42 Å². The fraction of sp³-hybridized carbons (Fsp3) is 0. The third-order valence-corrected chi connectivity index (χ3v) is 6.95. The van der Waals surface area contributed by atoms with E-state index in [0.717, 1.165) is 44.2 Å². The van der Waals surface area contributed by atoms with Crippen molar-refractivity contribution in [3.05, 3.63) is 133 Å². The summed E-state index contributed by atoms with van der Waals surface area (Å²) < 4.78 is 6.49. The Morgan fingerprint density at radius 2 is 1.24 bits per heavy atom. The highest BCUT2D eigenvalue weighted by atomic mass is 16.3. The molecule has 0 bridgehead atoms. The first kappa shape index (κ1) is 21.1. The van der Waals surface area contributed by atoms with Crippen molar-refractivity contribution in [2.75, 3.05) is 0 Å². The van der Waals surface area contributed by atoms with E-state index in [1.54, 1.807) is 6.20 Å². The lowest BCUT2D eigenvalue weighted by Gasteiger charge is -2.08. The first-order chi connectivity index (χ1) is 18.3. The van der Waals surface area contributed by atoms with Gasteiger partial charge in [0.25, 0.3) is 5.82 Å². The Kier molecular flexibility index (Phi) is 4.84. The molecule has 0 aliphatic carbocycles. The molecule has 0 fully saturated rings. The molecule has 7 aromatic rings. The minimum absolute atomic E-state index is 0.397. The lowest BCUT2D eigenvalue weighted by molar-refractivity contribution is 0.669. The lowest BCUT2D eigenvalue weighted by Crippen LogP contribution is -1.83. The van der Waals surface area contributed by atoms with E-state index < -0.39 is 0 Å². The van der Waals surface area contributed by atoms with Crippen LogP contribution in [0.4, 0.5) is 5.82 Å². The highest BCUT2D eigenvalue weighted by Crippen LogP contribution is 2.41. The molecule has 0 unspecified atom stereocenters. The summed E-state index contributed by atoms with van der Waals surface area (Å²) in [5.41, 5.74) is 8.31. The maximum absolute atomic E-state index is 7.27. The second kappa shape index (κ2) is 8.48. The molecule has 0 aliphatic rings. The van der Waals surface area contributed by atoms with Crippen molar-refractivity contribution in [1.82, 2.24) is 4.98 Å². The summed E-state index contributed by atoms with van der Waals surface area (Å²) >= 11 is 0. The van der Waals surface area contributed by atoms with E-state index in [2.05, 4.69) is 101 Å². The van der Waals surface area contributed by atoms with Gasteiger partial charge in [-0.05, 0) is 80.6 Å². The van der Waals surface area contributed by atoms with Crippen molar-refractivity contribution in [1.29, 1.82) is 0 Å². The first-order valence-corrected chi connectivity index (χ1v) is 12.2. The maximum Gasteiger partial charge on any atom is 0.270 e. The van der Waals surface area contributed by atoms with Gasteiger partial charge in [-0.15, -0.1) is 4.98 Å². The van der Waals surface area contributed by atoms with E-state index in [1.165, 1.54) is 21.9 Å². The average Bonchev–Trinajstić information content (AvgIpc) is 3.35. The Bertz CT molecular complexity index is 1990. The van der Waals surface area contributed by atoms with E-state index in [1.807, 2.05) is 24.3 Å². The normalized spacial score (nSPS) is 11.2. The van der Waals surface area contributed by atoms with Crippen molar-refractivity contribution in [2.45, 2.75) is 0 Å². The number of nitrogens with zero attached hydrogens (tertiary/aromatic N) is 2. The van der Waals surface area contributed by atoms with E-state index in [0.29, 0.717) is 5.82 Å². The topological polar surface area (TPSA) is 30.4 Å². The molecule has 0 radical (unpaired) electrons. The van der Waals surface area contributed by atoms with Gasteiger partial charge in [0.2, 0.25) is 0 Å². The van der Waals surface area contributed by atoms with E-state index in [4.69, 9.17) is 11.0 Å². The van der Waals surface area contributed by atoms with Crippen LogP contribution in [0.5, 0.6) is 0 Å². The predicted octanol–water partition coefficient (Wildman–Crippen LogP) is 9.69. The van der Waals surface area contributed by atoms with Gasteiger partial charge in [0.15, 0.2) is 0 Å². The third kappa shape index (κ3) is 3.55. The number of hydrogen-bond donors (Lipinski definition) is 0. The molecular formula is C34H20N2O. The van der Waals surface area contributed by atoms with Gasteiger partial charge < -0.3 is 9.26 Å². The predicted molar refractivity (Wildman–Crippen MR) is 152 cm³/mol. The van der Waals surface area contributed by atoms with Crippen molar-refractivity contribution >= 4 is 38.5 Å².